The molecule has 6 aromatic carbocycles. The molecule has 81 heavy (non-hydrogen) atoms. The van der Waals surface area contributed by atoms with Crippen molar-refractivity contribution in [2.24, 2.45) is 10.8 Å². The maximum atomic E-state index is 9.60. The Hall–Kier alpha value is -6.60. The molecule has 0 amide bonds. The van der Waals surface area contributed by atoms with E-state index in [4.69, 9.17) is 19.9 Å². The number of aliphatic hydroxyl groups excluding tert-OH is 1. The first-order valence-electron chi connectivity index (χ1n) is 29.4. The fourth-order valence-electron chi connectivity index (χ4n) is 10.1. The molecule has 0 aliphatic heterocycles. The molecule has 0 unspecified atom stereocenters. The third-order valence-electron chi connectivity index (χ3n) is 15.3. The summed E-state index contributed by atoms with van der Waals surface area (Å²) in [6.45, 7) is 29.4. The zero-order valence-electron chi connectivity index (χ0n) is 50.8. The van der Waals surface area contributed by atoms with Crippen molar-refractivity contribution < 1.29 is 30.0 Å². The number of aromatic nitrogens is 5. The van der Waals surface area contributed by atoms with Gasteiger partial charge in [-0.1, -0.05) is 217 Å². The first kappa shape index (κ1) is 62.0. The molecule has 0 saturated heterocycles. The van der Waals surface area contributed by atoms with Gasteiger partial charge in [0.1, 0.15) is 5.76 Å². The van der Waals surface area contributed by atoms with E-state index in [1.807, 2.05) is 47.7 Å². The van der Waals surface area contributed by atoms with E-state index in [9.17, 15) is 9.90 Å². The van der Waals surface area contributed by atoms with E-state index >= 15 is 0 Å². The SMILES string of the molecule is CC(C)(C)C(=[OH+])/C=C(\O)C(C)(C)C.CCCCCCc1cc(CCCCCC)cc(-n2c3ccccc3c3c[c-]c(-c4ncc(-c5nc(-c6ccc(C(C)(C)C)cc6)nc(-c6ccc(C(C)(C)C)cc6)n5)c5ccccc45)cc32)c1.[Ir]. The molecule has 0 fully saturated rings. The van der Waals surface area contributed by atoms with Crippen LogP contribution in [0.5, 0.6) is 0 Å². The summed E-state index contributed by atoms with van der Waals surface area (Å²) in [4.78, 5) is 30.4. The van der Waals surface area contributed by atoms with E-state index in [1.54, 1.807) is 0 Å². The van der Waals surface area contributed by atoms with E-state index in [0.717, 1.165) is 57.1 Å². The molecule has 1 radical (unpaired) electrons. The van der Waals surface area contributed by atoms with Crippen LogP contribution in [-0.4, -0.2) is 40.2 Å². The zero-order valence-corrected chi connectivity index (χ0v) is 53.2. The molecule has 7 nitrogen and oxygen atoms in total. The number of hydrogen-bond acceptors (Lipinski definition) is 5. The number of para-hydroxylation sites is 1. The number of allylic oxidation sites excluding steroid dienone is 2. The Labute approximate surface area is 497 Å². The second kappa shape index (κ2) is 26.1. The van der Waals surface area contributed by atoms with E-state index in [0.29, 0.717) is 17.5 Å². The number of aryl methyl sites for hydroxylation is 2. The number of rotatable bonds is 16. The molecule has 9 aromatic rings. The van der Waals surface area contributed by atoms with Crippen LogP contribution in [-0.2, 0) is 43.8 Å². The van der Waals surface area contributed by atoms with Gasteiger partial charge >= 0.3 is 5.78 Å². The van der Waals surface area contributed by atoms with Crippen LogP contribution in [0.4, 0.5) is 0 Å². The summed E-state index contributed by atoms with van der Waals surface area (Å²) in [7, 11) is 0. The molecule has 3 heterocycles. The number of benzene rings is 6. The fourth-order valence-corrected chi connectivity index (χ4v) is 10.1. The van der Waals surface area contributed by atoms with Crippen LogP contribution in [0.2, 0.25) is 0 Å². The summed E-state index contributed by atoms with van der Waals surface area (Å²) < 4.78 is 2.49. The van der Waals surface area contributed by atoms with Gasteiger partial charge in [0.25, 0.3) is 0 Å². The quantitative estimate of drug-likeness (QED) is 0.0342. The van der Waals surface area contributed by atoms with E-state index < -0.39 is 0 Å². The Morgan fingerprint density at radius 1 is 0.543 bits per heavy atom. The summed E-state index contributed by atoms with van der Waals surface area (Å²) in [6, 6.07) is 50.2. The molecule has 0 spiro atoms. The monoisotopic (exact) mass is 1260 g/mol. The molecule has 2 N–H and O–H groups in total. The number of carbonyl (C=O) groups excluding carboxylic acids is 1. The van der Waals surface area contributed by atoms with Gasteiger partial charge in [-0.05, 0) is 125 Å². The Balaban J connectivity index is 0.000000602. The smallest absolute Gasteiger partial charge is 0.325 e. The van der Waals surface area contributed by atoms with Gasteiger partial charge in [-0.15, -0.1) is 23.8 Å². The van der Waals surface area contributed by atoms with Gasteiger partial charge in [0.05, 0.1) is 11.5 Å². The maximum absolute atomic E-state index is 9.60. The number of nitrogens with zero attached hydrogens (tertiary/aromatic N) is 5. The normalized spacial score (nSPS) is 12.4. The molecule has 0 aliphatic carbocycles. The average Bonchev–Trinajstić information content (AvgIpc) is 4.06. The average molecular weight is 1260 g/mol. The molecular formula is C73H87IrN5O2. The third-order valence-corrected chi connectivity index (χ3v) is 15.3. The van der Waals surface area contributed by atoms with Crippen LogP contribution in [0.3, 0.4) is 0 Å². The van der Waals surface area contributed by atoms with Crippen molar-refractivity contribution in [3.63, 3.8) is 0 Å². The van der Waals surface area contributed by atoms with Crippen LogP contribution >= 0.6 is 0 Å². The number of pyridine rings is 1. The Kier molecular flexibility index (Phi) is 20.0. The van der Waals surface area contributed by atoms with E-state index in [2.05, 4.69) is 193 Å². The summed E-state index contributed by atoms with van der Waals surface area (Å²) in [5.41, 5.74) is 13.0. The van der Waals surface area contributed by atoms with Gasteiger partial charge < -0.3 is 14.7 Å². The Bertz CT molecular complexity index is 3530. The van der Waals surface area contributed by atoms with E-state index in [1.165, 1.54) is 102 Å². The number of aliphatic hydroxyl groups is 1. The minimum atomic E-state index is -0.306. The van der Waals surface area contributed by atoms with Crippen LogP contribution < -0.4 is 0 Å². The van der Waals surface area contributed by atoms with Crippen molar-refractivity contribution in [3.05, 3.63) is 174 Å². The zero-order chi connectivity index (χ0) is 57.6. The predicted octanol–water partition coefficient (Wildman–Crippen LogP) is 19.9. The van der Waals surface area contributed by atoms with Crippen molar-refractivity contribution in [3.8, 4) is 51.1 Å². The second-order valence-electron chi connectivity index (χ2n) is 26.1. The molecule has 9 rings (SSSR count). The molecule has 0 atom stereocenters. The maximum Gasteiger partial charge on any atom is 0.325 e. The van der Waals surface area contributed by atoms with Gasteiger partial charge in [-0.25, -0.2) is 15.0 Å². The standard InChI is InChI=1S/C62H66N5.C11H20O2.Ir/c1-9-11-13-15-21-42-37-43(22-16-14-12-10-2)39-49(38-42)67-55-26-20-19-24-51(55)52-36-31-46(40-56(52)67)57-53-25-18-17-23-50(53)54(41-63-57)60-65-58(44-27-32-47(33-28-44)61(3,4)5)64-59(66-60)45-29-34-48(35-30-45)62(6,7)8;1-10(2,3)8(12)7-9(13)11(4,5)6;/h17-20,23-30,32-41H,9-16,21-22H2,1-8H3;7,12H,1-6H3;/q-1;;/p+1/b;8-7-;. The van der Waals surface area contributed by atoms with Gasteiger partial charge in [0, 0.05) is 59.6 Å². The summed E-state index contributed by atoms with van der Waals surface area (Å²) in [5.74, 6) is 2.28. The molecule has 0 aliphatic rings. The van der Waals surface area contributed by atoms with Gasteiger partial charge in [0.15, 0.2) is 17.5 Å². The van der Waals surface area contributed by atoms with Crippen molar-refractivity contribution in [2.75, 3.05) is 0 Å². The number of unbranched alkanes of at least 4 members (excludes halogenated alkanes) is 6. The van der Waals surface area contributed by atoms with Crippen molar-refractivity contribution in [1.29, 1.82) is 0 Å². The van der Waals surface area contributed by atoms with Crippen LogP contribution in [0.1, 0.15) is 171 Å². The summed E-state index contributed by atoms with van der Waals surface area (Å²) >= 11 is 0. The molecule has 8 heteroatoms. The minimum absolute atomic E-state index is 0. The van der Waals surface area contributed by atoms with Gasteiger partial charge in [-0.2, -0.15) is 0 Å². The van der Waals surface area contributed by atoms with Crippen molar-refractivity contribution in [1.82, 2.24) is 24.5 Å². The molecule has 0 saturated carbocycles. The second-order valence-corrected chi connectivity index (χ2v) is 26.1. The third kappa shape index (κ3) is 15.1. The summed E-state index contributed by atoms with van der Waals surface area (Å²) in [6.07, 6.45) is 15.6. The molecule has 3 aromatic heterocycles. The number of fused-ring (bicyclic) bond motifs is 4. The predicted molar refractivity (Wildman–Crippen MR) is 340 cm³/mol. The van der Waals surface area contributed by atoms with Crippen LogP contribution in [0, 0.1) is 16.9 Å². The van der Waals surface area contributed by atoms with Crippen molar-refractivity contribution in [2.45, 2.75) is 172 Å². The summed E-state index contributed by atoms with van der Waals surface area (Å²) in [5, 5.41) is 14.1. The minimum Gasteiger partial charge on any atom is -0.511 e. The van der Waals surface area contributed by atoms with Crippen LogP contribution in [0.25, 0.3) is 83.7 Å². The Morgan fingerprint density at radius 2 is 1.04 bits per heavy atom. The molecule has 0 bridgehead atoms. The number of ketones is 1. The largest absolute Gasteiger partial charge is 0.511 e. The van der Waals surface area contributed by atoms with Crippen LogP contribution in [0.15, 0.2) is 145 Å². The van der Waals surface area contributed by atoms with Gasteiger partial charge in [-0.3, -0.25) is 4.79 Å². The first-order chi connectivity index (χ1) is 37.9. The molecular weight excluding hydrogens is 1170 g/mol. The van der Waals surface area contributed by atoms with Crippen molar-refractivity contribution >= 4 is 38.4 Å². The topological polar surface area (TPSA) is 98.1 Å². The van der Waals surface area contributed by atoms with E-state index in [-0.39, 0.29) is 53.3 Å². The Morgan fingerprint density at radius 3 is 1.53 bits per heavy atom. The molecule has 425 valence electrons. The fraction of sp³-hybridized carbons (Fsp3) is 0.384. The number of hydrogen-bond donors (Lipinski definition) is 1. The van der Waals surface area contributed by atoms with Gasteiger partial charge in [0.2, 0.25) is 0 Å². The first-order valence-corrected chi connectivity index (χ1v) is 29.4.